The molecule has 1 aromatic carbocycles. The van der Waals surface area contributed by atoms with Gasteiger partial charge in [0.15, 0.2) is 5.76 Å². The van der Waals surface area contributed by atoms with Crippen LogP contribution >= 0.6 is 11.8 Å². The number of hydrogen-bond donors (Lipinski definition) is 1. The standard InChI is InChI=1S/C16H12F3N3O3S/c1-9(26-15-22-21-14(25-15)12-6-3-7-24-12)13(23)20-11-5-2-4-10(8-11)16(17,18)19/h2-9H,1H3,(H,20,23)/t9-/m0/s1. The van der Waals surface area contributed by atoms with Crippen LogP contribution in [-0.4, -0.2) is 21.4 Å². The van der Waals surface area contributed by atoms with Crippen molar-refractivity contribution in [2.45, 2.75) is 23.6 Å². The quantitative estimate of drug-likeness (QED) is 0.655. The summed E-state index contributed by atoms with van der Waals surface area (Å²) in [4.78, 5) is 12.2. The molecule has 0 saturated heterocycles. The predicted octanol–water partition coefficient (Wildman–Crippen LogP) is 4.47. The average Bonchev–Trinajstić information content (AvgIpc) is 3.25. The molecule has 0 aliphatic carbocycles. The van der Waals surface area contributed by atoms with Gasteiger partial charge in [-0.2, -0.15) is 13.2 Å². The molecule has 2 heterocycles. The normalized spacial score (nSPS) is 12.8. The summed E-state index contributed by atoms with van der Waals surface area (Å²) in [5.41, 5.74) is -0.783. The van der Waals surface area contributed by atoms with E-state index in [-0.39, 0.29) is 16.8 Å². The number of rotatable bonds is 5. The number of benzene rings is 1. The van der Waals surface area contributed by atoms with Crippen LogP contribution in [0.1, 0.15) is 12.5 Å². The van der Waals surface area contributed by atoms with Crippen molar-refractivity contribution in [3.05, 3.63) is 48.2 Å². The van der Waals surface area contributed by atoms with Crippen molar-refractivity contribution in [1.29, 1.82) is 0 Å². The van der Waals surface area contributed by atoms with Gasteiger partial charge in [-0.3, -0.25) is 4.79 Å². The zero-order valence-electron chi connectivity index (χ0n) is 13.3. The lowest BCUT2D eigenvalue weighted by Gasteiger charge is -2.12. The molecule has 0 fully saturated rings. The smallest absolute Gasteiger partial charge is 0.416 e. The largest absolute Gasteiger partial charge is 0.459 e. The van der Waals surface area contributed by atoms with Crippen LogP contribution in [0, 0.1) is 0 Å². The summed E-state index contributed by atoms with van der Waals surface area (Å²) in [5.74, 6) is 0.0699. The van der Waals surface area contributed by atoms with Crippen LogP contribution in [0.4, 0.5) is 18.9 Å². The Labute approximate surface area is 149 Å². The summed E-state index contributed by atoms with van der Waals surface area (Å²) >= 11 is 0.983. The molecule has 0 unspecified atom stereocenters. The molecule has 2 aromatic heterocycles. The van der Waals surface area contributed by atoms with Crippen LogP contribution in [0.25, 0.3) is 11.7 Å². The van der Waals surface area contributed by atoms with E-state index < -0.39 is 22.9 Å². The first-order valence-corrected chi connectivity index (χ1v) is 8.23. The van der Waals surface area contributed by atoms with Crippen molar-refractivity contribution in [3.8, 4) is 11.7 Å². The Morgan fingerprint density at radius 2 is 2.04 bits per heavy atom. The lowest BCUT2D eigenvalue weighted by atomic mass is 10.2. The topological polar surface area (TPSA) is 81.2 Å². The van der Waals surface area contributed by atoms with Gasteiger partial charge >= 0.3 is 6.18 Å². The fourth-order valence-corrected chi connectivity index (χ4v) is 2.66. The maximum Gasteiger partial charge on any atom is 0.416 e. The Hall–Kier alpha value is -2.75. The Morgan fingerprint density at radius 1 is 1.23 bits per heavy atom. The minimum Gasteiger partial charge on any atom is -0.459 e. The lowest BCUT2D eigenvalue weighted by Crippen LogP contribution is -2.22. The molecule has 0 aliphatic heterocycles. The van der Waals surface area contributed by atoms with Gasteiger partial charge in [-0.15, -0.1) is 10.2 Å². The Kier molecular flexibility index (Phi) is 5.03. The summed E-state index contributed by atoms with van der Waals surface area (Å²) in [7, 11) is 0. The molecular weight excluding hydrogens is 371 g/mol. The molecule has 0 saturated carbocycles. The maximum atomic E-state index is 12.7. The number of carbonyl (C=O) groups excluding carboxylic acids is 1. The number of anilines is 1. The van der Waals surface area contributed by atoms with E-state index in [1.807, 2.05) is 0 Å². The third kappa shape index (κ3) is 4.26. The summed E-state index contributed by atoms with van der Waals surface area (Å²) in [6.07, 6.45) is -3.02. The molecule has 1 N–H and O–H groups in total. The SMILES string of the molecule is C[C@H](Sc1nnc(-c2ccco2)o1)C(=O)Nc1cccc(C(F)(F)F)c1. The third-order valence-electron chi connectivity index (χ3n) is 3.24. The number of furan rings is 1. The summed E-state index contributed by atoms with van der Waals surface area (Å²) in [6, 6.07) is 7.72. The zero-order chi connectivity index (χ0) is 18.7. The molecule has 1 atom stereocenters. The van der Waals surface area contributed by atoms with E-state index in [1.165, 1.54) is 18.4 Å². The van der Waals surface area contributed by atoms with Crippen LogP contribution in [0.15, 0.2) is 56.7 Å². The molecule has 0 bridgehead atoms. The van der Waals surface area contributed by atoms with Gasteiger partial charge in [-0.25, -0.2) is 0 Å². The number of nitrogens with one attached hydrogen (secondary N) is 1. The van der Waals surface area contributed by atoms with Gasteiger partial charge < -0.3 is 14.2 Å². The van der Waals surface area contributed by atoms with Crippen molar-refractivity contribution in [1.82, 2.24) is 10.2 Å². The van der Waals surface area contributed by atoms with Crippen molar-refractivity contribution < 1.29 is 26.8 Å². The third-order valence-corrected chi connectivity index (χ3v) is 4.18. The molecule has 0 spiro atoms. The van der Waals surface area contributed by atoms with Crippen LogP contribution in [0.2, 0.25) is 0 Å². The number of carbonyl (C=O) groups is 1. The highest BCUT2D eigenvalue weighted by Gasteiger charge is 2.30. The minimum atomic E-state index is -4.48. The highest BCUT2D eigenvalue weighted by Crippen LogP contribution is 2.31. The molecule has 0 radical (unpaired) electrons. The first-order valence-electron chi connectivity index (χ1n) is 7.35. The van der Waals surface area contributed by atoms with Gasteiger partial charge in [0.05, 0.1) is 17.1 Å². The number of nitrogens with zero attached hydrogens (tertiary/aromatic N) is 2. The van der Waals surface area contributed by atoms with Gasteiger partial charge in [0.25, 0.3) is 11.1 Å². The van der Waals surface area contributed by atoms with E-state index in [0.29, 0.717) is 5.76 Å². The first-order chi connectivity index (χ1) is 12.3. The summed E-state index contributed by atoms with van der Waals surface area (Å²) in [5, 5.41) is 9.52. The molecular formula is C16H12F3N3O3S. The van der Waals surface area contributed by atoms with Crippen molar-refractivity contribution in [3.63, 3.8) is 0 Å². The fraction of sp³-hybridized carbons (Fsp3) is 0.188. The van der Waals surface area contributed by atoms with Gasteiger partial charge in [0.1, 0.15) is 0 Å². The molecule has 3 rings (SSSR count). The molecule has 3 aromatic rings. The zero-order valence-corrected chi connectivity index (χ0v) is 14.1. The van der Waals surface area contributed by atoms with Crippen molar-refractivity contribution >= 4 is 23.4 Å². The molecule has 6 nitrogen and oxygen atoms in total. The Morgan fingerprint density at radius 3 is 2.73 bits per heavy atom. The van der Waals surface area contributed by atoms with Crippen molar-refractivity contribution in [2.75, 3.05) is 5.32 Å². The number of amides is 1. The Bertz CT molecular complexity index is 894. The number of halogens is 3. The van der Waals surface area contributed by atoms with Gasteiger partial charge in [0, 0.05) is 5.69 Å². The van der Waals surface area contributed by atoms with Crippen LogP contribution < -0.4 is 5.32 Å². The van der Waals surface area contributed by atoms with Gasteiger partial charge in [0.2, 0.25) is 5.91 Å². The molecule has 136 valence electrons. The van der Waals surface area contributed by atoms with Crippen LogP contribution in [0.5, 0.6) is 0 Å². The van der Waals surface area contributed by atoms with Gasteiger partial charge in [-0.05, 0) is 37.3 Å². The minimum absolute atomic E-state index is 0.0547. The number of aromatic nitrogens is 2. The maximum absolute atomic E-state index is 12.7. The molecule has 1 amide bonds. The first kappa shape index (κ1) is 18.1. The molecule has 26 heavy (non-hydrogen) atoms. The second-order valence-electron chi connectivity index (χ2n) is 5.18. The van der Waals surface area contributed by atoms with E-state index in [1.54, 1.807) is 19.1 Å². The predicted molar refractivity (Wildman–Crippen MR) is 87.4 cm³/mol. The lowest BCUT2D eigenvalue weighted by molar-refractivity contribution is -0.137. The highest BCUT2D eigenvalue weighted by atomic mass is 32.2. The second-order valence-corrected chi connectivity index (χ2v) is 6.47. The van der Waals surface area contributed by atoms with E-state index in [4.69, 9.17) is 8.83 Å². The van der Waals surface area contributed by atoms with Gasteiger partial charge in [-0.1, -0.05) is 17.8 Å². The Balaban J connectivity index is 1.63. The highest BCUT2D eigenvalue weighted by molar-refractivity contribution is 8.00. The number of alkyl halides is 3. The summed E-state index contributed by atoms with van der Waals surface area (Å²) < 4.78 is 48.7. The average molecular weight is 383 g/mol. The van der Waals surface area contributed by atoms with E-state index >= 15 is 0 Å². The molecule has 10 heteroatoms. The second kappa shape index (κ2) is 7.24. The van der Waals surface area contributed by atoms with Crippen LogP contribution in [0.3, 0.4) is 0 Å². The monoisotopic (exact) mass is 383 g/mol. The molecule has 0 aliphatic rings. The van der Waals surface area contributed by atoms with E-state index in [9.17, 15) is 18.0 Å². The van der Waals surface area contributed by atoms with E-state index in [2.05, 4.69) is 15.5 Å². The number of thioether (sulfide) groups is 1. The fourth-order valence-electron chi connectivity index (χ4n) is 1.98. The van der Waals surface area contributed by atoms with E-state index in [0.717, 1.165) is 23.9 Å². The van der Waals surface area contributed by atoms with Crippen LogP contribution in [-0.2, 0) is 11.0 Å². The van der Waals surface area contributed by atoms with Crippen molar-refractivity contribution in [2.24, 2.45) is 0 Å². The number of hydrogen-bond acceptors (Lipinski definition) is 6. The summed E-state index contributed by atoms with van der Waals surface area (Å²) in [6.45, 7) is 1.57.